The molecule has 0 radical (unpaired) electrons. The Morgan fingerprint density at radius 1 is 1.19 bits per heavy atom. The van der Waals surface area contributed by atoms with E-state index in [9.17, 15) is 0 Å². The summed E-state index contributed by atoms with van der Waals surface area (Å²) in [6.07, 6.45) is 0. The van der Waals surface area contributed by atoms with Gasteiger partial charge in [-0.05, 0) is 26.0 Å². The van der Waals surface area contributed by atoms with Crippen LogP contribution in [0.15, 0.2) is 24.3 Å². The highest BCUT2D eigenvalue weighted by atomic mass is 16.5. The minimum Gasteiger partial charge on any atom is -0.491 e. The zero-order valence-corrected chi connectivity index (χ0v) is 10.4. The molecule has 0 heterocycles. The molecular weight excluding hydrogens is 202 g/mol. The molecule has 1 rings (SSSR count). The van der Waals surface area contributed by atoms with E-state index in [1.807, 2.05) is 19.1 Å². The van der Waals surface area contributed by atoms with E-state index in [1.54, 1.807) is 0 Å². The van der Waals surface area contributed by atoms with E-state index in [0.717, 1.165) is 18.9 Å². The number of hydrogen-bond acceptors (Lipinski definition) is 3. The Balaban J connectivity index is 2.47. The zero-order chi connectivity index (χ0) is 11.8. The highest BCUT2D eigenvalue weighted by molar-refractivity contribution is 5.49. The van der Waals surface area contributed by atoms with Crippen molar-refractivity contribution in [1.82, 2.24) is 0 Å². The summed E-state index contributed by atoms with van der Waals surface area (Å²) in [6, 6.07) is 8.12. The van der Waals surface area contributed by atoms with Crippen LogP contribution in [0.2, 0.25) is 0 Å². The molecule has 16 heavy (non-hydrogen) atoms. The third-order valence-corrected chi connectivity index (χ3v) is 2.43. The summed E-state index contributed by atoms with van der Waals surface area (Å²) in [5, 5.41) is 0. The van der Waals surface area contributed by atoms with Crippen molar-refractivity contribution < 1.29 is 9.47 Å². The highest BCUT2D eigenvalue weighted by Gasteiger charge is 2.00. The van der Waals surface area contributed by atoms with Gasteiger partial charge in [-0.15, -0.1) is 0 Å². The fourth-order valence-corrected chi connectivity index (χ4v) is 1.36. The van der Waals surface area contributed by atoms with E-state index in [-0.39, 0.29) is 0 Å². The summed E-state index contributed by atoms with van der Waals surface area (Å²) < 4.78 is 10.8. The summed E-state index contributed by atoms with van der Waals surface area (Å²) in [7, 11) is 2.07. The first-order valence-corrected chi connectivity index (χ1v) is 5.79. The Morgan fingerprint density at radius 3 is 2.69 bits per heavy atom. The molecule has 0 aliphatic carbocycles. The second kappa shape index (κ2) is 7.12. The van der Waals surface area contributed by atoms with E-state index in [1.165, 1.54) is 5.69 Å². The lowest BCUT2D eigenvalue weighted by Crippen LogP contribution is -2.15. The van der Waals surface area contributed by atoms with Gasteiger partial charge in [-0.1, -0.05) is 6.07 Å². The van der Waals surface area contributed by atoms with Crippen molar-refractivity contribution >= 4 is 5.69 Å². The first-order valence-electron chi connectivity index (χ1n) is 5.79. The third kappa shape index (κ3) is 4.11. The quantitative estimate of drug-likeness (QED) is 0.663. The van der Waals surface area contributed by atoms with E-state index in [4.69, 9.17) is 9.47 Å². The monoisotopic (exact) mass is 223 g/mol. The number of anilines is 1. The molecule has 0 unspecified atom stereocenters. The maximum Gasteiger partial charge on any atom is 0.121 e. The molecule has 0 bridgehead atoms. The molecule has 0 aliphatic heterocycles. The van der Waals surface area contributed by atoms with Crippen LogP contribution < -0.4 is 9.64 Å². The van der Waals surface area contributed by atoms with Crippen LogP contribution in [0.5, 0.6) is 5.75 Å². The van der Waals surface area contributed by atoms with E-state index >= 15 is 0 Å². The van der Waals surface area contributed by atoms with Gasteiger partial charge >= 0.3 is 0 Å². The molecule has 90 valence electrons. The van der Waals surface area contributed by atoms with Crippen LogP contribution in [-0.4, -0.2) is 33.4 Å². The second-order valence-electron chi connectivity index (χ2n) is 3.56. The smallest absolute Gasteiger partial charge is 0.121 e. The van der Waals surface area contributed by atoms with Crippen LogP contribution in [0.25, 0.3) is 0 Å². The fraction of sp³-hybridized carbons (Fsp3) is 0.538. The zero-order valence-electron chi connectivity index (χ0n) is 10.4. The molecule has 0 fully saturated rings. The van der Waals surface area contributed by atoms with Crippen molar-refractivity contribution in [3.63, 3.8) is 0 Å². The minimum atomic E-state index is 0.604. The molecule has 3 nitrogen and oxygen atoms in total. The van der Waals surface area contributed by atoms with Gasteiger partial charge in [-0.3, -0.25) is 0 Å². The molecular formula is C13H21NO2. The maximum absolute atomic E-state index is 5.59. The molecule has 3 heteroatoms. The largest absolute Gasteiger partial charge is 0.491 e. The molecule has 0 aromatic heterocycles. The number of rotatable bonds is 7. The van der Waals surface area contributed by atoms with Gasteiger partial charge in [-0.25, -0.2) is 0 Å². The van der Waals surface area contributed by atoms with E-state index in [2.05, 4.69) is 31.0 Å². The van der Waals surface area contributed by atoms with Crippen LogP contribution >= 0.6 is 0 Å². The van der Waals surface area contributed by atoms with Crippen LogP contribution in [0, 0.1) is 0 Å². The molecule has 1 aromatic rings. The van der Waals surface area contributed by atoms with Crippen molar-refractivity contribution in [2.45, 2.75) is 13.8 Å². The molecule has 0 spiro atoms. The standard InChI is InChI=1S/C13H21NO2/c1-4-14(3)12-7-6-8-13(11-12)16-10-9-15-5-2/h6-8,11H,4-5,9-10H2,1-3H3. The summed E-state index contributed by atoms with van der Waals surface area (Å²) in [5.74, 6) is 0.900. The average molecular weight is 223 g/mol. The predicted molar refractivity (Wildman–Crippen MR) is 67.4 cm³/mol. The summed E-state index contributed by atoms with van der Waals surface area (Å²) in [6.45, 7) is 7.08. The number of ether oxygens (including phenoxy) is 2. The van der Waals surface area contributed by atoms with Gasteiger partial charge < -0.3 is 14.4 Å². The topological polar surface area (TPSA) is 21.7 Å². The Morgan fingerprint density at radius 2 is 2.00 bits per heavy atom. The van der Waals surface area contributed by atoms with Crippen molar-refractivity contribution in [2.24, 2.45) is 0 Å². The van der Waals surface area contributed by atoms with Crippen LogP contribution in [0.4, 0.5) is 5.69 Å². The van der Waals surface area contributed by atoms with E-state index < -0.39 is 0 Å². The van der Waals surface area contributed by atoms with Gasteiger partial charge in [0.2, 0.25) is 0 Å². The van der Waals surface area contributed by atoms with Crippen LogP contribution in [-0.2, 0) is 4.74 Å². The predicted octanol–water partition coefficient (Wildman–Crippen LogP) is 2.56. The van der Waals surface area contributed by atoms with Gasteiger partial charge in [0.15, 0.2) is 0 Å². The third-order valence-electron chi connectivity index (χ3n) is 2.43. The molecule has 0 aliphatic rings. The van der Waals surface area contributed by atoms with Crippen molar-refractivity contribution in [3.8, 4) is 5.75 Å². The molecule has 0 saturated heterocycles. The normalized spacial score (nSPS) is 10.2. The Kier molecular flexibility index (Phi) is 5.72. The summed E-state index contributed by atoms with van der Waals surface area (Å²) in [5.41, 5.74) is 1.18. The van der Waals surface area contributed by atoms with Gasteiger partial charge in [0.05, 0.1) is 6.61 Å². The van der Waals surface area contributed by atoms with Gasteiger partial charge in [-0.2, -0.15) is 0 Å². The number of hydrogen-bond donors (Lipinski definition) is 0. The molecule has 0 amide bonds. The first-order chi connectivity index (χ1) is 7.77. The van der Waals surface area contributed by atoms with Crippen molar-refractivity contribution in [1.29, 1.82) is 0 Å². The lowest BCUT2D eigenvalue weighted by atomic mass is 10.3. The Labute approximate surface area is 98.0 Å². The van der Waals surface area contributed by atoms with Crippen LogP contribution in [0.3, 0.4) is 0 Å². The molecule has 0 N–H and O–H groups in total. The minimum absolute atomic E-state index is 0.604. The van der Waals surface area contributed by atoms with Crippen molar-refractivity contribution in [3.05, 3.63) is 24.3 Å². The van der Waals surface area contributed by atoms with Gasteiger partial charge in [0.1, 0.15) is 12.4 Å². The van der Waals surface area contributed by atoms with Crippen LogP contribution in [0.1, 0.15) is 13.8 Å². The Hall–Kier alpha value is -1.22. The summed E-state index contributed by atoms with van der Waals surface area (Å²) >= 11 is 0. The Bertz CT molecular complexity index is 302. The van der Waals surface area contributed by atoms with E-state index in [0.29, 0.717) is 13.2 Å². The van der Waals surface area contributed by atoms with Crippen molar-refractivity contribution in [2.75, 3.05) is 38.3 Å². The number of benzene rings is 1. The highest BCUT2D eigenvalue weighted by Crippen LogP contribution is 2.19. The first kappa shape index (κ1) is 12.8. The molecule has 1 aromatic carbocycles. The second-order valence-corrected chi connectivity index (χ2v) is 3.56. The lowest BCUT2D eigenvalue weighted by molar-refractivity contribution is 0.110. The lowest BCUT2D eigenvalue weighted by Gasteiger charge is -2.17. The average Bonchev–Trinajstić information content (AvgIpc) is 2.34. The van der Waals surface area contributed by atoms with Gasteiger partial charge in [0, 0.05) is 32.0 Å². The number of nitrogens with zero attached hydrogens (tertiary/aromatic N) is 1. The van der Waals surface area contributed by atoms with Gasteiger partial charge in [0.25, 0.3) is 0 Å². The molecule has 0 saturated carbocycles. The maximum atomic E-state index is 5.59. The molecule has 0 atom stereocenters. The SMILES string of the molecule is CCOCCOc1cccc(N(C)CC)c1. The fourth-order valence-electron chi connectivity index (χ4n) is 1.36. The summed E-state index contributed by atoms with van der Waals surface area (Å²) in [4.78, 5) is 2.18.